The lowest BCUT2D eigenvalue weighted by atomic mass is 10.2. The van der Waals surface area contributed by atoms with Crippen LogP contribution in [-0.2, 0) is 42.5 Å². The lowest BCUT2D eigenvalue weighted by Gasteiger charge is -2.24. The van der Waals surface area contributed by atoms with Crippen molar-refractivity contribution in [1.82, 2.24) is 5.32 Å². The zero-order chi connectivity index (χ0) is 26.4. The SMILES string of the molecule is CO[Si](CCCOCC(O)COC(=O)CNC(=O)C(C)SCC(C)(CO)S(=O)(=O)O)(OC)OC. The number of nitrogens with one attached hydrogen (secondary N) is 1. The van der Waals surface area contributed by atoms with Crippen LogP contribution in [0.1, 0.15) is 20.3 Å². The maximum absolute atomic E-state index is 12.1. The van der Waals surface area contributed by atoms with Gasteiger partial charge in [-0.3, -0.25) is 14.1 Å². The standard InChI is InChI=1S/C18H37NO12S2Si/c1-14(32-13-18(2,12-20)33(24,25)26)17(23)19-9-16(22)31-11-15(21)10-30-7-6-8-34(27-3,28-4)29-5/h14-15,20-21H,6-13H2,1-5H3,(H,19,23)(H,24,25,26). The predicted molar refractivity (Wildman–Crippen MR) is 126 cm³/mol. The molecule has 0 aromatic heterocycles. The predicted octanol–water partition coefficient (Wildman–Crippen LogP) is -0.948. The van der Waals surface area contributed by atoms with E-state index < -0.39 is 60.1 Å². The van der Waals surface area contributed by atoms with Crippen molar-refractivity contribution in [1.29, 1.82) is 0 Å². The number of amides is 1. The molecule has 3 unspecified atom stereocenters. The summed E-state index contributed by atoms with van der Waals surface area (Å²) in [7, 11) is -2.66. The summed E-state index contributed by atoms with van der Waals surface area (Å²) in [5.41, 5.74) is 0. The van der Waals surface area contributed by atoms with Crippen LogP contribution in [0.25, 0.3) is 0 Å². The lowest BCUT2D eigenvalue weighted by molar-refractivity contribution is -0.147. The minimum Gasteiger partial charge on any atom is -0.462 e. The highest BCUT2D eigenvalue weighted by atomic mass is 32.2. The topological polar surface area (TPSA) is 187 Å². The summed E-state index contributed by atoms with van der Waals surface area (Å²) in [6.45, 7) is 1.29. The highest BCUT2D eigenvalue weighted by Gasteiger charge is 2.38. The summed E-state index contributed by atoms with van der Waals surface area (Å²) >= 11 is 0.891. The third-order valence-electron chi connectivity index (χ3n) is 4.82. The molecule has 4 N–H and O–H groups in total. The van der Waals surface area contributed by atoms with Crippen molar-refractivity contribution >= 4 is 42.6 Å². The Labute approximate surface area is 205 Å². The fourth-order valence-electron chi connectivity index (χ4n) is 2.34. The van der Waals surface area contributed by atoms with Crippen molar-refractivity contribution < 1.29 is 55.5 Å². The number of rotatable bonds is 19. The van der Waals surface area contributed by atoms with Gasteiger partial charge >= 0.3 is 14.8 Å². The van der Waals surface area contributed by atoms with Crippen LogP contribution in [-0.4, -0.2) is 120 Å². The molecule has 13 nitrogen and oxygen atoms in total. The van der Waals surface area contributed by atoms with E-state index in [1.807, 2.05) is 0 Å². The Kier molecular flexibility index (Phi) is 15.6. The van der Waals surface area contributed by atoms with E-state index in [2.05, 4.69) is 5.32 Å². The van der Waals surface area contributed by atoms with Crippen molar-refractivity contribution in [3.05, 3.63) is 0 Å². The molecule has 0 saturated carbocycles. The Bertz CT molecular complexity index is 713. The molecule has 0 heterocycles. The number of hydrogen-bond acceptors (Lipinski definition) is 12. The normalized spacial score (nSPS) is 15.9. The van der Waals surface area contributed by atoms with Gasteiger partial charge in [0, 0.05) is 39.7 Å². The molecular weight excluding hydrogens is 514 g/mol. The number of carbonyl (C=O) groups excluding carboxylic acids is 2. The highest BCUT2D eigenvalue weighted by molar-refractivity contribution is 8.01. The first-order valence-corrected chi connectivity index (χ1v) is 14.8. The van der Waals surface area contributed by atoms with Gasteiger partial charge in [0.25, 0.3) is 10.1 Å². The Morgan fingerprint density at radius 3 is 2.24 bits per heavy atom. The molecule has 3 atom stereocenters. The van der Waals surface area contributed by atoms with E-state index in [9.17, 15) is 32.8 Å². The van der Waals surface area contributed by atoms with Crippen molar-refractivity contribution in [2.45, 2.75) is 42.4 Å². The van der Waals surface area contributed by atoms with Crippen molar-refractivity contribution in [3.63, 3.8) is 0 Å². The number of carbonyl (C=O) groups is 2. The van der Waals surface area contributed by atoms with Crippen LogP contribution in [0.2, 0.25) is 6.04 Å². The summed E-state index contributed by atoms with van der Waals surface area (Å²) in [5, 5.41) is 20.7. The van der Waals surface area contributed by atoms with Crippen LogP contribution < -0.4 is 5.32 Å². The van der Waals surface area contributed by atoms with Gasteiger partial charge in [0.1, 0.15) is 24.0 Å². The van der Waals surface area contributed by atoms with Gasteiger partial charge in [-0.15, -0.1) is 11.8 Å². The number of esters is 1. The number of thioether (sulfide) groups is 1. The first-order valence-electron chi connectivity index (χ1n) is 10.3. The quantitative estimate of drug-likeness (QED) is 0.0667. The van der Waals surface area contributed by atoms with Crippen molar-refractivity contribution in [3.8, 4) is 0 Å². The van der Waals surface area contributed by atoms with E-state index in [1.165, 1.54) is 28.3 Å². The second-order valence-electron chi connectivity index (χ2n) is 7.56. The second-order valence-corrected chi connectivity index (χ2v) is 13.9. The largest absolute Gasteiger partial charge is 0.500 e. The first-order chi connectivity index (χ1) is 15.8. The minimum absolute atomic E-state index is 0.0633. The van der Waals surface area contributed by atoms with Crippen LogP contribution in [0.15, 0.2) is 0 Å². The molecular formula is C18H37NO12S2Si. The van der Waals surface area contributed by atoms with Gasteiger partial charge < -0.3 is 38.3 Å². The lowest BCUT2D eigenvalue weighted by Crippen LogP contribution is -2.43. The Balaban J connectivity index is 4.15. The molecule has 0 saturated heterocycles. The van der Waals surface area contributed by atoms with Crippen LogP contribution in [0.3, 0.4) is 0 Å². The fraction of sp³-hybridized carbons (Fsp3) is 0.889. The molecule has 1 amide bonds. The van der Waals surface area contributed by atoms with E-state index in [4.69, 9.17) is 22.8 Å². The Morgan fingerprint density at radius 2 is 1.74 bits per heavy atom. The van der Waals surface area contributed by atoms with Crippen LogP contribution in [0, 0.1) is 0 Å². The Hall–Kier alpha value is -0.823. The van der Waals surface area contributed by atoms with Gasteiger partial charge in [-0.2, -0.15) is 8.42 Å². The zero-order valence-electron chi connectivity index (χ0n) is 20.1. The molecule has 0 aliphatic carbocycles. The molecule has 34 heavy (non-hydrogen) atoms. The third-order valence-corrected chi connectivity index (χ3v) is 10.9. The van der Waals surface area contributed by atoms with Gasteiger partial charge in [0.2, 0.25) is 5.91 Å². The van der Waals surface area contributed by atoms with Crippen molar-refractivity contribution in [2.24, 2.45) is 0 Å². The average molecular weight is 552 g/mol. The van der Waals surface area contributed by atoms with E-state index in [0.717, 1.165) is 18.7 Å². The van der Waals surface area contributed by atoms with Gasteiger partial charge in [0.15, 0.2) is 0 Å². The van der Waals surface area contributed by atoms with Gasteiger partial charge in [-0.1, -0.05) is 0 Å². The van der Waals surface area contributed by atoms with Crippen LogP contribution in [0.5, 0.6) is 0 Å². The fourth-order valence-corrected chi connectivity index (χ4v) is 5.92. The van der Waals surface area contributed by atoms with E-state index in [1.54, 1.807) is 0 Å². The van der Waals surface area contributed by atoms with Gasteiger partial charge in [-0.25, -0.2) is 0 Å². The molecule has 0 aromatic carbocycles. The molecule has 0 bridgehead atoms. The number of aliphatic hydroxyl groups is 2. The van der Waals surface area contributed by atoms with E-state index >= 15 is 0 Å². The van der Waals surface area contributed by atoms with Crippen LogP contribution >= 0.6 is 11.8 Å². The molecule has 202 valence electrons. The minimum atomic E-state index is -4.52. The summed E-state index contributed by atoms with van der Waals surface area (Å²) in [6.07, 6.45) is -0.474. The summed E-state index contributed by atoms with van der Waals surface area (Å²) < 4.78 is 56.2. The highest BCUT2D eigenvalue weighted by Crippen LogP contribution is 2.24. The van der Waals surface area contributed by atoms with Crippen LogP contribution in [0.4, 0.5) is 0 Å². The molecule has 0 aromatic rings. The summed E-state index contributed by atoms with van der Waals surface area (Å²) in [4.78, 5) is 23.8. The summed E-state index contributed by atoms with van der Waals surface area (Å²) in [6, 6.07) is 0.535. The molecule has 0 fully saturated rings. The Morgan fingerprint density at radius 1 is 1.15 bits per heavy atom. The molecule has 0 aliphatic rings. The number of ether oxygens (including phenoxy) is 2. The van der Waals surface area contributed by atoms with E-state index in [0.29, 0.717) is 19.1 Å². The zero-order valence-corrected chi connectivity index (χ0v) is 22.8. The molecule has 0 rings (SSSR count). The average Bonchev–Trinajstić information content (AvgIpc) is 2.81. The second kappa shape index (κ2) is 16.0. The van der Waals surface area contributed by atoms with Crippen molar-refractivity contribution in [2.75, 3.05) is 60.1 Å². The van der Waals surface area contributed by atoms with Gasteiger partial charge in [-0.05, 0) is 20.3 Å². The van der Waals surface area contributed by atoms with Gasteiger partial charge in [0.05, 0.1) is 18.5 Å². The smallest absolute Gasteiger partial charge is 0.462 e. The maximum Gasteiger partial charge on any atom is 0.500 e. The molecule has 0 spiro atoms. The summed E-state index contributed by atoms with van der Waals surface area (Å²) in [5.74, 6) is -1.58. The third kappa shape index (κ3) is 11.7. The van der Waals surface area contributed by atoms with E-state index in [-0.39, 0.29) is 19.0 Å². The maximum atomic E-state index is 12.1. The number of hydrogen-bond donors (Lipinski definition) is 4. The molecule has 0 radical (unpaired) electrons. The first kappa shape index (κ1) is 33.2. The monoisotopic (exact) mass is 551 g/mol. The number of aliphatic hydroxyl groups excluding tert-OH is 2. The molecule has 0 aliphatic heterocycles. The molecule has 16 heteroatoms.